The minimum atomic E-state index is -0.00379. The molecule has 5 heteroatoms. The van der Waals surface area contributed by atoms with Gasteiger partial charge < -0.3 is 10.2 Å². The summed E-state index contributed by atoms with van der Waals surface area (Å²) < 4.78 is 0. The second-order valence-electron chi connectivity index (χ2n) is 5.07. The van der Waals surface area contributed by atoms with Crippen LogP contribution in [0.15, 0.2) is 6.07 Å². The van der Waals surface area contributed by atoms with Crippen LogP contribution in [0, 0.1) is 11.3 Å². The first kappa shape index (κ1) is 14.3. The van der Waals surface area contributed by atoms with E-state index in [1.165, 1.54) is 5.56 Å². The van der Waals surface area contributed by atoms with Crippen molar-refractivity contribution in [1.82, 2.24) is 9.88 Å². The molecule has 0 atom stereocenters. The van der Waals surface area contributed by atoms with E-state index in [0.29, 0.717) is 17.9 Å². The summed E-state index contributed by atoms with van der Waals surface area (Å²) in [6, 6.07) is 4.08. The van der Waals surface area contributed by atoms with Crippen LogP contribution in [-0.4, -0.2) is 35.9 Å². The van der Waals surface area contributed by atoms with Crippen molar-refractivity contribution in [1.29, 1.82) is 5.26 Å². The molecule has 5 nitrogen and oxygen atoms in total. The van der Waals surface area contributed by atoms with Gasteiger partial charge in [0.2, 0.25) is 5.91 Å². The molecule has 0 fully saturated rings. The summed E-state index contributed by atoms with van der Waals surface area (Å²) in [5, 5.41) is 12.2. The van der Waals surface area contributed by atoms with Crippen LogP contribution in [-0.2, 0) is 17.6 Å². The van der Waals surface area contributed by atoms with Crippen molar-refractivity contribution in [3.63, 3.8) is 0 Å². The fourth-order valence-corrected chi connectivity index (χ4v) is 2.32. The van der Waals surface area contributed by atoms with E-state index < -0.39 is 0 Å². The van der Waals surface area contributed by atoms with Crippen LogP contribution < -0.4 is 5.32 Å². The van der Waals surface area contributed by atoms with Gasteiger partial charge in [-0.2, -0.15) is 5.26 Å². The molecule has 106 valence electrons. The second-order valence-corrected chi connectivity index (χ2v) is 5.07. The van der Waals surface area contributed by atoms with Crippen LogP contribution in [0.2, 0.25) is 0 Å². The zero-order valence-electron chi connectivity index (χ0n) is 12.1. The number of rotatable bonds is 4. The summed E-state index contributed by atoms with van der Waals surface area (Å²) in [6.45, 7) is 2.77. The molecular weight excluding hydrogens is 252 g/mol. The Labute approximate surface area is 119 Å². The average Bonchev–Trinajstić information content (AvgIpc) is 2.50. The Kier molecular flexibility index (Phi) is 4.57. The number of likely N-dealkylation sites (N-methyl/N-ethyl adjacent to an activating group) is 1. The number of nitrogens with one attached hydrogen (secondary N) is 1. The van der Waals surface area contributed by atoms with Gasteiger partial charge in [0.15, 0.2) is 0 Å². The molecule has 0 unspecified atom stereocenters. The van der Waals surface area contributed by atoms with Gasteiger partial charge in [0.1, 0.15) is 11.9 Å². The molecule has 1 N–H and O–H groups in total. The van der Waals surface area contributed by atoms with E-state index in [1.54, 1.807) is 11.9 Å². The topological polar surface area (TPSA) is 69.0 Å². The molecule has 0 bridgehead atoms. The third-order valence-corrected chi connectivity index (χ3v) is 3.73. The van der Waals surface area contributed by atoms with E-state index in [-0.39, 0.29) is 12.5 Å². The van der Waals surface area contributed by atoms with Crippen LogP contribution in [0.5, 0.6) is 0 Å². The number of pyridine rings is 1. The summed E-state index contributed by atoms with van der Waals surface area (Å²) in [5.41, 5.74) is 2.77. The monoisotopic (exact) mass is 272 g/mol. The molecule has 0 radical (unpaired) electrons. The third-order valence-electron chi connectivity index (χ3n) is 3.73. The number of carbonyl (C=O) groups excluding carboxylic acids is 1. The van der Waals surface area contributed by atoms with Crippen LogP contribution in [0.1, 0.15) is 36.6 Å². The third kappa shape index (κ3) is 3.08. The van der Waals surface area contributed by atoms with E-state index in [1.807, 2.05) is 13.0 Å². The van der Waals surface area contributed by atoms with Crippen molar-refractivity contribution in [3.05, 3.63) is 22.9 Å². The van der Waals surface area contributed by atoms with Gasteiger partial charge in [0.05, 0.1) is 12.1 Å². The molecule has 1 aliphatic rings. The molecule has 0 aliphatic heterocycles. The van der Waals surface area contributed by atoms with Gasteiger partial charge in [-0.25, -0.2) is 4.98 Å². The van der Waals surface area contributed by atoms with Crippen molar-refractivity contribution < 1.29 is 4.79 Å². The predicted molar refractivity (Wildman–Crippen MR) is 77.4 cm³/mol. The Morgan fingerprint density at radius 2 is 2.25 bits per heavy atom. The number of fused-ring (bicyclic) bond motifs is 1. The van der Waals surface area contributed by atoms with Gasteiger partial charge in [0.25, 0.3) is 0 Å². The lowest BCUT2D eigenvalue weighted by atomic mass is 9.95. The van der Waals surface area contributed by atoms with Crippen molar-refractivity contribution in [3.8, 4) is 6.07 Å². The number of nitrogens with zero attached hydrogens (tertiary/aromatic N) is 3. The molecule has 0 aromatic carbocycles. The Morgan fingerprint density at radius 3 is 2.95 bits per heavy atom. The van der Waals surface area contributed by atoms with Gasteiger partial charge in [-0.3, -0.25) is 4.79 Å². The first-order chi connectivity index (χ1) is 9.65. The first-order valence-electron chi connectivity index (χ1n) is 7.06. The predicted octanol–water partition coefficient (Wildman–Crippen LogP) is 1.72. The molecule has 1 aromatic heterocycles. The maximum absolute atomic E-state index is 11.8. The van der Waals surface area contributed by atoms with Crippen molar-refractivity contribution in [2.75, 3.05) is 25.5 Å². The highest BCUT2D eigenvalue weighted by Gasteiger charge is 2.16. The largest absolute Gasteiger partial charge is 0.360 e. The number of nitriles is 1. The highest BCUT2D eigenvalue weighted by atomic mass is 16.2. The summed E-state index contributed by atoms with van der Waals surface area (Å²) in [6.07, 6.45) is 4.25. The maximum Gasteiger partial charge on any atom is 0.241 e. The standard InChI is InChI=1S/C15H20N4O/c1-3-19(2)14(20)10-17-15-12(9-16)8-11-6-4-5-7-13(11)18-15/h8H,3-7,10H2,1-2H3,(H,17,18). The van der Waals surface area contributed by atoms with Crippen LogP contribution in [0.3, 0.4) is 0 Å². The van der Waals surface area contributed by atoms with Gasteiger partial charge in [-0.05, 0) is 44.2 Å². The van der Waals surface area contributed by atoms with Gasteiger partial charge in [-0.15, -0.1) is 0 Å². The Hall–Kier alpha value is -2.09. The molecule has 1 aliphatic carbocycles. The maximum atomic E-state index is 11.8. The Balaban J connectivity index is 2.15. The highest BCUT2D eigenvalue weighted by Crippen LogP contribution is 2.24. The summed E-state index contributed by atoms with van der Waals surface area (Å²) >= 11 is 0. The van der Waals surface area contributed by atoms with Gasteiger partial charge in [-0.1, -0.05) is 0 Å². The van der Waals surface area contributed by atoms with Crippen molar-refractivity contribution in [2.45, 2.75) is 32.6 Å². The van der Waals surface area contributed by atoms with Gasteiger partial charge >= 0.3 is 0 Å². The molecule has 0 saturated heterocycles. The number of amides is 1. The molecular formula is C15H20N4O. The van der Waals surface area contributed by atoms with Crippen molar-refractivity contribution in [2.24, 2.45) is 0 Å². The summed E-state index contributed by atoms with van der Waals surface area (Å²) in [5.74, 6) is 0.530. The van der Waals surface area contributed by atoms with Crippen LogP contribution in [0.4, 0.5) is 5.82 Å². The van der Waals surface area contributed by atoms with Crippen LogP contribution in [0.25, 0.3) is 0 Å². The number of anilines is 1. The van der Waals surface area contributed by atoms with Gasteiger partial charge in [0, 0.05) is 19.3 Å². The SMILES string of the molecule is CCN(C)C(=O)CNc1nc2c(cc1C#N)CCCC2. The minimum absolute atomic E-state index is 0.00379. The molecule has 1 heterocycles. The molecule has 0 spiro atoms. The first-order valence-corrected chi connectivity index (χ1v) is 7.06. The highest BCUT2D eigenvalue weighted by molar-refractivity contribution is 5.80. The summed E-state index contributed by atoms with van der Waals surface area (Å²) in [4.78, 5) is 18.0. The number of aryl methyl sites for hydroxylation is 2. The van der Waals surface area contributed by atoms with Crippen molar-refractivity contribution >= 4 is 11.7 Å². The fraction of sp³-hybridized carbons (Fsp3) is 0.533. The molecule has 0 saturated carbocycles. The number of aromatic nitrogens is 1. The number of hydrogen-bond donors (Lipinski definition) is 1. The normalized spacial score (nSPS) is 13.2. The van der Waals surface area contributed by atoms with Crippen LogP contribution >= 0.6 is 0 Å². The zero-order valence-corrected chi connectivity index (χ0v) is 12.1. The van der Waals surface area contributed by atoms with E-state index in [4.69, 9.17) is 0 Å². The van der Waals surface area contributed by atoms with E-state index in [2.05, 4.69) is 16.4 Å². The molecule has 2 rings (SSSR count). The fourth-order valence-electron chi connectivity index (χ4n) is 2.32. The quantitative estimate of drug-likeness (QED) is 0.906. The smallest absolute Gasteiger partial charge is 0.241 e. The lowest BCUT2D eigenvalue weighted by Gasteiger charge is -2.18. The number of hydrogen-bond acceptors (Lipinski definition) is 4. The molecule has 20 heavy (non-hydrogen) atoms. The van der Waals surface area contributed by atoms with E-state index in [0.717, 1.165) is 31.4 Å². The van der Waals surface area contributed by atoms with E-state index in [9.17, 15) is 10.1 Å². The molecule has 1 aromatic rings. The summed E-state index contributed by atoms with van der Waals surface area (Å²) in [7, 11) is 1.76. The lowest BCUT2D eigenvalue weighted by Crippen LogP contribution is -2.32. The number of carbonyl (C=O) groups is 1. The Morgan fingerprint density at radius 1 is 1.50 bits per heavy atom. The minimum Gasteiger partial charge on any atom is -0.360 e. The average molecular weight is 272 g/mol. The second kappa shape index (κ2) is 6.38. The Bertz CT molecular complexity index is 548. The zero-order chi connectivity index (χ0) is 14.5. The molecule has 1 amide bonds. The lowest BCUT2D eigenvalue weighted by molar-refractivity contribution is -0.127. The van der Waals surface area contributed by atoms with E-state index >= 15 is 0 Å².